The summed E-state index contributed by atoms with van der Waals surface area (Å²) in [6, 6.07) is 4.99. The van der Waals surface area contributed by atoms with Gasteiger partial charge < -0.3 is 15.4 Å². The fraction of sp³-hybridized carbons (Fsp3) is 0.500. The lowest BCUT2D eigenvalue weighted by Gasteiger charge is -2.30. The zero-order chi connectivity index (χ0) is 13.2. The Balaban J connectivity index is 2.42. The van der Waals surface area contributed by atoms with Gasteiger partial charge in [-0.25, -0.2) is 8.42 Å². The molecule has 0 fully saturated rings. The van der Waals surface area contributed by atoms with Gasteiger partial charge in [-0.15, -0.1) is 0 Å². The third kappa shape index (κ3) is 2.44. The van der Waals surface area contributed by atoms with E-state index < -0.39 is 9.84 Å². The quantitative estimate of drug-likeness (QED) is 0.869. The third-order valence-corrected chi connectivity index (χ3v) is 4.76. The minimum Gasteiger partial charge on any atom is -0.490 e. The zero-order valence-electron chi connectivity index (χ0n) is 10.4. The minimum absolute atomic E-state index is 0.0290. The molecule has 0 spiro atoms. The number of ether oxygens (including phenoxy) is 1. The van der Waals surface area contributed by atoms with Gasteiger partial charge in [0.1, 0.15) is 12.4 Å². The first kappa shape index (κ1) is 13.2. The minimum atomic E-state index is -3.28. The van der Waals surface area contributed by atoms with E-state index in [1.54, 1.807) is 18.2 Å². The zero-order valence-corrected chi connectivity index (χ0v) is 11.2. The highest BCUT2D eigenvalue weighted by atomic mass is 32.2. The molecule has 0 bridgehead atoms. The van der Waals surface area contributed by atoms with Crippen molar-refractivity contribution in [3.63, 3.8) is 0 Å². The summed E-state index contributed by atoms with van der Waals surface area (Å²) in [5.74, 6) is 0.716. The maximum absolute atomic E-state index is 12.0. The van der Waals surface area contributed by atoms with E-state index in [4.69, 9.17) is 10.5 Å². The Morgan fingerprint density at radius 1 is 1.44 bits per heavy atom. The maximum Gasteiger partial charge on any atom is 0.179 e. The predicted molar refractivity (Wildman–Crippen MR) is 70.9 cm³/mol. The third-order valence-electron chi connectivity index (χ3n) is 3.02. The molecule has 1 aliphatic rings. The summed E-state index contributed by atoms with van der Waals surface area (Å²) in [5, 5.41) is 0. The van der Waals surface area contributed by atoms with Crippen molar-refractivity contribution >= 4 is 15.5 Å². The maximum atomic E-state index is 12.0. The molecule has 0 aliphatic carbocycles. The molecule has 0 aromatic heterocycles. The van der Waals surface area contributed by atoms with Gasteiger partial charge in [0.15, 0.2) is 9.84 Å². The summed E-state index contributed by atoms with van der Waals surface area (Å²) >= 11 is 0. The summed E-state index contributed by atoms with van der Waals surface area (Å²) in [7, 11) is -3.28. The smallest absolute Gasteiger partial charge is 0.179 e. The number of rotatable bonds is 4. The second-order valence-electron chi connectivity index (χ2n) is 4.17. The average molecular weight is 270 g/mol. The molecule has 18 heavy (non-hydrogen) atoms. The molecule has 1 aromatic rings. The molecule has 1 heterocycles. The molecule has 0 saturated heterocycles. The van der Waals surface area contributed by atoms with Crippen LogP contribution >= 0.6 is 0 Å². The number of benzene rings is 1. The van der Waals surface area contributed by atoms with E-state index in [0.717, 1.165) is 24.5 Å². The molecule has 0 unspecified atom stereocenters. The van der Waals surface area contributed by atoms with Crippen LogP contribution in [-0.2, 0) is 9.84 Å². The number of likely N-dealkylation sites (N-methyl/N-ethyl adjacent to an activating group) is 1. The molecule has 0 saturated carbocycles. The Hall–Kier alpha value is -1.27. The van der Waals surface area contributed by atoms with E-state index in [1.165, 1.54) is 0 Å². The Morgan fingerprint density at radius 2 is 2.22 bits per heavy atom. The van der Waals surface area contributed by atoms with Crippen LogP contribution in [0.5, 0.6) is 5.75 Å². The topological polar surface area (TPSA) is 72.6 Å². The monoisotopic (exact) mass is 270 g/mol. The van der Waals surface area contributed by atoms with Crippen molar-refractivity contribution in [2.75, 3.05) is 36.9 Å². The SMILES string of the molecule is CCN1CCOc2ccc(S(=O)(=O)CCN)cc21. The highest BCUT2D eigenvalue weighted by Gasteiger charge is 2.21. The van der Waals surface area contributed by atoms with Crippen molar-refractivity contribution in [2.24, 2.45) is 5.73 Å². The molecule has 100 valence electrons. The first-order valence-electron chi connectivity index (χ1n) is 6.03. The summed E-state index contributed by atoms with van der Waals surface area (Å²) in [4.78, 5) is 2.43. The molecule has 0 atom stereocenters. The van der Waals surface area contributed by atoms with Crippen molar-refractivity contribution in [2.45, 2.75) is 11.8 Å². The molecule has 0 radical (unpaired) electrons. The van der Waals surface area contributed by atoms with Crippen molar-refractivity contribution in [3.05, 3.63) is 18.2 Å². The van der Waals surface area contributed by atoms with Gasteiger partial charge >= 0.3 is 0 Å². The number of sulfone groups is 1. The van der Waals surface area contributed by atoms with E-state index in [9.17, 15) is 8.42 Å². The van der Waals surface area contributed by atoms with Crippen molar-refractivity contribution in [3.8, 4) is 5.75 Å². The molecule has 1 aromatic carbocycles. The van der Waals surface area contributed by atoms with Crippen molar-refractivity contribution in [1.82, 2.24) is 0 Å². The molecule has 2 rings (SSSR count). The van der Waals surface area contributed by atoms with Gasteiger partial charge in [-0.3, -0.25) is 0 Å². The van der Waals surface area contributed by atoms with Crippen LogP contribution in [0.1, 0.15) is 6.92 Å². The summed E-state index contributed by atoms with van der Waals surface area (Å²) in [6.45, 7) is 4.42. The lowest BCUT2D eigenvalue weighted by atomic mass is 10.2. The van der Waals surface area contributed by atoms with E-state index in [0.29, 0.717) is 11.5 Å². The number of nitrogens with zero attached hydrogens (tertiary/aromatic N) is 1. The molecule has 0 amide bonds. The van der Waals surface area contributed by atoms with Crippen LogP contribution < -0.4 is 15.4 Å². The van der Waals surface area contributed by atoms with Gasteiger partial charge in [0.05, 0.1) is 22.9 Å². The van der Waals surface area contributed by atoms with Crippen LogP contribution in [0.3, 0.4) is 0 Å². The Bertz CT molecular complexity index is 528. The standard InChI is InChI=1S/C12H18N2O3S/c1-2-14-6-7-17-12-4-3-10(9-11(12)14)18(15,16)8-5-13/h3-4,9H,2,5-8,13H2,1H3. The van der Waals surface area contributed by atoms with Crippen LogP contribution in [0.4, 0.5) is 5.69 Å². The number of nitrogens with two attached hydrogens (primary N) is 1. The van der Waals surface area contributed by atoms with Crippen LogP contribution in [0.2, 0.25) is 0 Å². The van der Waals surface area contributed by atoms with Gasteiger partial charge in [-0.05, 0) is 25.1 Å². The summed E-state index contributed by atoms with van der Waals surface area (Å²) in [5.41, 5.74) is 6.18. The number of fused-ring (bicyclic) bond motifs is 1. The molecule has 2 N–H and O–H groups in total. The van der Waals surface area contributed by atoms with Gasteiger partial charge in [-0.1, -0.05) is 0 Å². The molecule has 5 nitrogen and oxygen atoms in total. The van der Waals surface area contributed by atoms with Crippen molar-refractivity contribution < 1.29 is 13.2 Å². The lowest BCUT2D eigenvalue weighted by Crippen LogP contribution is -2.32. The summed E-state index contributed by atoms with van der Waals surface area (Å²) in [6.07, 6.45) is 0. The van der Waals surface area contributed by atoms with Crippen LogP contribution in [0.25, 0.3) is 0 Å². The van der Waals surface area contributed by atoms with Gasteiger partial charge in [-0.2, -0.15) is 0 Å². The van der Waals surface area contributed by atoms with Crippen LogP contribution in [0.15, 0.2) is 23.1 Å². The van der Waals surface area contributed by atoms with Gasteiger partial charge in [0.25, 0.3) is 0 Å². The highest BCUT2D eigenvalue weighted by molar-refractivity contribution is 7.91. The molecular formula is C12H18N2O3S. The number of anilines is 1. The second kappa shape index (κ2) is 5.16. The average Bonchev–Trinajstić information content (AvgIpc) is 2.37. The van der Waals surface area contributed by atoms with Crippen LogP contribution in [0, 0.1) is 0 Å². The fourth-order valence-corrected chi connectivity index (χ4v) is 3.16. The largest absolute Gasteiger partial charge is 0.490 e. The molecule has 1 aliphatic heterocycles. The predicted octanol–water partition coefficient (Wildman–Crippen LogP) is 0.638. The van der Waals surface area contributed by atoms with Crippen molar-refractivity contribution in [1.29, 1.82) is 0 Å². The van der Waals surface area contributed by atoms with E-state index in [2.05, 4.69) is 4.90 Å². The normalized spacial score (nSPS) is 15.1. The Labute approximate surface area is 107 Å². The van der Waals surface area contributed by atoms with Crippen LogP contribution in [-0.4, -0.2) is 40.4 Å². The fourth-order valence-electron chi connectivity index (χ4n) is 2.05. The second-order valence-corrected chi connectivity index (χ2v) is 6.27. The summed E-state index contributed by atoms with van der Waals surface area (Å²) < 4.78 is 29.5. The van der Waals surface area contributed by atoms with E-state index in [-0.39, 0.29) is 12.3 Å². The Kier molecular flexibility index (Phi) is 3.77. The highest BCUT2D eigenvalue weighted by Crippen LogP contribution is 2.33. The Morgan fingerprint density at radius 3 is 2.89 bits per heavy atom. The van der Waals surface area contributed by atoms with Gasteiger partial charge in [0, 0.05) is 13.1 Å². The van der Waals surface area contributed by atoms with Gasteiger partial charge in [0.2, 0.25) is 0 Å². The first-order valence-corrected chi connectivity index (χ1v) is 7.68. The molecular weight excluding hydrogens is 252 g/mol. The van der Waals surface area contributed by atoms with E-state index in [1.807, 2.05) is 6.92 Å². The lowest BCUT2D eigenvalue weighted by molar-refractivity contribution is 0.308. The number of hydrogen-bond acceptors (Lipinski definition) is 5. The number of hydrogen-bond donors (Lipinski definition) is 1. The van der Waals surface area contributed by atoms with E-state index >= 15 is 0 Å². The molecule has 6 heteroatoms. The first-order chi connectivity index (χ1) is 8.58.